The highest BCUT2D eigenvalue weighted by atomic mass is 14.4. The van der Waals surface area contributed by atoms with Crippen LogP contribution in [-0.2, 0) is 0 Å². The van der Waals surface area contributed by atoms with Crippen LogP contribution in [0.3, 0.4) is 0 Å². The number of rotatable bonds is 8. The Morgan fingerprint density at radius 2 is 1.11 bits per heavy atom. The van der Waals surface area contributed by atoms with E-state index in [2.05, 4.69) is 19.9 Å². The van der Waals surface area contributed by atoms with Gasteiger partial charge in [-0.05, 0) is 87.4 Å². The van der Waals surface area contributed by atoms with Crippen molar-refractivity contribution in [1.29, 1.82) is 5.26 Å². The highest BCUT2D eigenvalue weighted by molar-refractivity contribution is 5.01. The summed E-state index contributed by atoms with van der Waals surface area (Å²) in [7, 11) is 0. The summed E-state index contributed by atoms with van der Waals surface area (Å²) in [6, 6.07) is 2.69. The second-order valence-corrected chi connectivity index (χ2v) is 11.0. The second-order valence-electron chi connectivity index (χ2n) is 11.0. The van der Waals surface area contributed by atoms with E-state index < -0.39 is 0 Å². The highest BCUT2D eigenvalue weighted by Crippen LogP contribution is 2.46. The molecule has 3 saturated carbocycles. The molecule has 28 heavy (non-hydrogen) atoms. The third-order valence-electron chi connectivity index (χ3n) is 9.16. The molecule has 0 aromatic rings. The largest absolute Gasteiger partial charge is 0.198 e. The quantitative estimate of drug-likeness (QED) is 0.410. The first-order valence-corrected chi connectivity index (χ1v) is 13.1. The van der Waals surface area contributed by atoms with Crippen LogP contribution in [0.5, 0.6) is 0 Å². The maximum atomic E-state index is 9.62. The Bertz CT molecular complexity index is 465. The molecule has 3 aliphatic carbocycles. The molecule has 0 aromatic heterocycles. The summed E-state index contributed by atoms with van der Waals surface area (Å²) in [5, 5.41) is 9.62. The van der Waals surface area contributed by atoms with Crippen LogP contribution >= 0.6 is 0 Å². The van der Waals surface area contributed by atoms with Crippen molar-refractivity contribution in [3.63, 3.8) is 0 Å². The van der Waals surface area contributed by atoms with E-state index in [-0.39, 0.29) is 5.41 Å². The molecule has 0 saturated heterocycles. The van der Waals surface area contributed by atoms with Crippen LogP contribution in [0.25, 0.3) is 0 Å². The zero-order valence-corrected chi connectivity index (χ0v) is 19.1. The van der Waals surface area contributed by atoms with E-state index in [1.54, 1.807) is 12.8 Å². The number of nitrogens with zero attached hydrogens (tertiary/aromatic N) is 1. The monoisotopic (exact) mass is 385 g/mol. The summed E-state index contributed by atoms with van der Waals surface area (Å²) in [5.74, 6) is 5.14. The van der Waals surface area contributed by atoms with Gasteiger partial charge in [0, 0.05) is 0 Å². The number of nitriles is 1. The second kappa shape index (κ2) is 11.0. The molecule has 0 N–H and O–H groups in total. The normalized spacial score (nSPS) is 39.4. The van der Waals surface area contributed by atoms with Crippen LogP contribution in [0.15, 0.2) is 0 Å². The van der Waals surface area contributed by atoms with Crippen LogP contribution in [-0.4, -0.2) is 0 Å². The highest BCUT2D eigenvalue weighted by Gasteiger charge is 2.35. The maximum absolute atomic E-state index is 9.62. The third kappa shape index (κ3) is 6.00. The van der Waals surface area contributed by atoms with Gasteiger partial charge in [-0.15, -0.1) is 0 Å². The Morgan fingerprint density at radius 1 is 0.643 bits per heavy atom. The van der Waals surface area contributed by atoms with Gasteiger partial charge in [0.2, 0.25) is 0 Å². The van der Waals surface area contributed by atoms with E-state index in [9.17, 15) is 5.26 Å². The van der Waals surface area contributed by atoms with Crippen LogP contribution in [0, 0.1) is 46.3 Å². The Labute approximate surface area is 176 Å². The average Bonchev–Trinajstić information content (AvgIpc) is 2.75. The lowest BCUT2D eigenvalue weighted by Gasteiger charge is -2.39. The van der Waals surface area contributed by atoms with Crippen molar-refractivity contribution in [2.45, 2.75) is 129 Å². The zero-order chi connectivity index (χ0) is 19.8. The minimum atomic E-state index is 0.0411. The molecule has 0 bridgehead atoms. The van der Waals surface area contributed by atoms with Gasteiger partial charge in [-0.1, -0.05) is 71.6 Å². The molecule has 0 aliphatic heterocycles. The molecule has 3 rings (SSSR count). The average molecular weight is 386 g/mol. The smallest absolute Gasteiger partial charge is 0.0689 e. The molecule has 0 heterocycles. The van der Waals surface area contributed by atoms with E-state index in [1.165, 1.54) is 96.3 Å². The molecule has 1 heteroatoms. The van der Waals surface area contributed by atoms with Gasteiger partial charge in [-0.3, -0.25) is 0 Å². The topological polar surface area (TPSA) is 23.8 Å². The molecular weight excluding hydrogens is 338 g/mol. The first-order valence-electron chi connectivity index (χ1n) is 13.1. The first-order chi connectivity index (χ1) is 13.7. The summed E-state index contributed by atoms with van der Waals surface area (Å²) in [6.45, 7) is 4.59. The van der Waals surface area contributed by atoms with Gasteiger partial charge >= 0.3 is 0 Å². The SMILES string of the molecule is CCCC1CCC(C2CCC(CCC3CCC(C#N)(CCC)CC3)CC2)CC1. The van der Waals surface area contributed by atoms with E-state index in [0.717, 1.165) is 36.0 Å². The van der Waals surface area contributed by atoms with Crippen LogP contribution < -0.4 is 0 Å². The lowest BCUT2D eigenvalue weighted by Crippen LogP contribution is -2.27. The minimum Gasteiger partial charge on any atom is -0.198 e. The van der Waals surface area contributed by atoms with Crippen LogP contribution in [0.1, 0.15) is 129 Å². The molecule has 1 nitrogen and oxygen atoms in total. The molecular formula is C27H47N. The first kappa shape index (κ1) is 22.2. The molecule has 0 spiro atoms. The summed E-state index contributed by atoms with van der Waals surface area (Å²) in [6.07, 6.45) is 25.3. The fourth-order valence-corrected chi connectivity index (χ4v) is 7.19. The van der Waals surface area contributed by atoms with Gasteiger partial charge in [0.15, 0.2) is 0 Å². The Kier molecular flexibility index (Phi) is 8.74. The molecule has 3 aliphatic rings. The van der Waals surface area contributed by atoms with Gasteiger partial charge in [-0.2, -0.15) is 5.26 Å². The van der Waals surface area contributed by atoms with Gasteiger partial charge < -0.3 is 0 Å². The van der Waals surface area contributed by atoms with Gasteiger partial charge in [0.25, 0.3) is 0 Å². The summed E-state index contributed by atoms with van der Waals surface area (Å²) < 4.78 is 0. The van der Waals surface area contributed by atoms with Gasteiger partial charge in [-0.25, -0.2) is 0 Å². The van der Waals surface area contributed by atoms with Crippen molar-refractivity contribution in [3.8, 4) is 6.07 Å². The zero-order valence-electron chi connectivity index (χ0n) is 19.1. The van der Waals surface area contributed by atoms with E-state index in [0.29, 0.717) is 0 Å². The number of hydrogen-bond donors (Lipinski definition) is 0. The lowest BCUT2D eigenvalue weighted by atomic mass is 9.66. The molecule has 0 atom stereocenters. The predicted octanol–water partition coefficient (Wildman–Crippen LogP) is 8.68. The lowest BCUT2D eigenvalue weighted by molar-refractivity contribution is 0.133. The van der Waals surface area contributed by atoms with Crippen LogP contribution in [0.4, 0.5) is 0 Å². The van der Waals surface area contributed by atoms with Crippen molar-refractivity contribution in [2.75, 3.05) is 0 Å². The van der Waals surface area contributed by atoms with Crippen molar-refractivity contribution < 1.29 is 0 Å². The molecule has 0 unspecified atom stereocenters. The minimum absolute atomic E-state index is 0.0411. The van der Waals surface area contributed by atoms with Crippen molar-refractivity contribution in [3.05, 3.63) is 0 Å². The molecule has 0 radical (unpaired) electrons. The number of hydrogen-bond acceptors (Lipinski definition) is 1. The third-order valence-corrected chi connectivity index (χ3v) is 9.16. The van der Waals surface area contributed by atoms with E-state index in [4.69, 9.17) is 0 Å². The summed E-state index contributed by atoms with van der Waals surface area (Å²) in [5.41, 5.74) is 0.0411. The standard InChI is InChI=1S/C27H47N/c1-3-5-22-8-12-25(13-9-22)26-14-10-23(11-15-26)6-7-24-16-19-27(21-28,18-4-2)20-17-24/h22-26H,3-20H2,1-2H3. The van der Waals surface area contributed by atoms with Crippen LogP contribution in [0.2, 0.25) is 0 Å². The Morgan fingerprint density at radius 3 is 1.54 bits per heavy atom. The van der Waals surface area contributed by atoms with E-state index in [1.807, 2.05) is 0 Å². The van der Waals surface area contributed by atoms with E-state index >= 15 is 0 Å². The Balaban J connectivity index is 1.31. The predicted molar refractivity (Wildman–Crippen MR) is 120 cm³/mol. The van der Waals surface area contributed by atoms with Gasteiger partial charge in [0.1, 0.15) is 0 Å². The fraction of sp³-hybridized carbons (Fsp3) is 0.963. The maximum Gasteiger partial charge on any atom is 0.0689 e. The fourth-order valence-electron chi connectivity index (χ4n) is 7.19. The molecule has 160 valence electrons. The molecule has 0 aromatic carbocycles. The summed E-state index contributed by atoms with van der Waals surface area (Å²) >= 11 is 0. The molecule has 0 amide bonds. The van der Waals surface area contributed by atoms with Crippen molar-refractivity contribution in [1.82, 2.24) is 0 Å². The van der Waals surface area contributed by atoms with Gasteiger partial charge in [0.05, 0.1) is 11.5 Å². The summed E-state index contributed by atoms with van der Waals surface area (Å²) in [4.78, 5) is 0. The van der Waals surface area contributed by atoms with Crippen molar-refractivity contribution >= 4 is 0 Å². The molecule has 3 fully saturated rings. The van der Waals surface area contributed by atoms with Crippen molar-refractivity contribution in [2.24, 2.45) is 35.0 Å². The Hall–Kier alpha value is -0.510.